The molecule has 0 N–H and O–H groups in total. The van der Waals surface area contributed by atoms with Crippen LogP contribution in [0, 0.1) is 6.92 Å². The number of esters is 1. The Morgan fingerprint density at radius 3 is 2.81 bits per heavy atom. The molecule has 0 fully saturated rings. The number of aromatic nitrogens is 4. The summed E-state index contributed by atoms with van der Waals surface area (Å²) < 4.78 is 6.86. The predicted octanol–water partition coefficient (Wildman–Crippen LogP) is 1.54. The highest BCUT2D eigenvalue weighted by Gasteiger charge is 2.31. The lowest BCUT2D eigenvalue weighted by molar-refractivity contribution is 0.0513. The summed E-state index contributed by atoms with van der Waals surface area (Å²) in [5.74, 6) is -0.689. The molecular weight excluding hydrogens is 334 g/mol. The molecule has 0 saturated carbocycles. The first-order chi connectivity index (χ1) is 12.5. The standard InChI is InChI=1S/C18H21N5O3/c1-4-7-23-15-6-8-22(17(24)14-10-19-12(3)9-20-14)11-13(15)16(21-23)18(25)26-5-2/h4,9-10H,1,5-8,11H2,2-3H3. The summed E-state index contributed by atoms with van der Waals surface area (Å²) in [6.07, 6.45) is 5.36. The maximum Gasteiger partial charge on any atom is 0.359 e. The Labute approximate surface area is 151 Å². The number of rotatable bonds is 5. The monoisotopic (exact) mass is 355 g/mol. The summed E-state index contributed by atoms with van der Waals surface area (Å²) in [5, 5.41) is 4.38. The Morgan fingerprint density at radius 2 is 2.15 bits per heavy atom. The number of aryl methyl sites for hydroxylation is 1. The third kappa shape index (κ3) is 3.35. The number of carbonyl (C=O) groups excluding carboxylic acids is 2. The van der Waals surface area contributed by atoms with Crippen molar-refractivity contribution in [3.05, 3.63) is 53.4 Å². The van der Waals surface area contributed by atoms with Crippen LogP contribution in [0.15, 0.2) is 25.0 Å². The molecule has 2 aromatic heterocycles. The maximum absolute atomic E-state index is 12.7. The van der Waals surface area contributed by atoms with Crippen molar-refractivity contribution in [2.24, 2.45) is 0 Å². The molecule has 3 rings (SSSR count). The van der Waals surface area contributed by atoms with E-state index < -0.39 is 5.97 Å². The highest BCUT2D eigenvalue weighted by Crippen LogP contribution is 2.24. The number of fused-ring (bicyclic) bond motifs is 1. The van der Waals surface area contributed by atoms with Crippen LogP contribution in [0.2, 0.25) is 0 Å². The number of allylic oxidation sites excluding steroid dienone is 1. The molecule has 136 valence electrons. The average Bonchev–Trinajstić information content (AvgIpc) is 3.00. The molecule has 0 radical (unpaired) electrons. The second-order valence-electron chi connectivity index (χ2n) is 5.98. The number of nitrogens with zero attached hydrogens (tertiary/aromatic N) is 5. The fourth-order valence-corrected chi connectivity index (χ4v) is 2.97. The molecule has 0 aromatic carbocycles. The molecule has 1 amide bonds. The van der Waals surface area contributed by atoms with Crippen LogP contribution >= 0.6 is 0 Å². The molecular formula is C18H21N5O3. The SMILES string of the molecule is C=CCn1nc(C(=O)OCC)c2c1CCN(C(=O)c1cnc(C)cn1)C2. The minimum absolute atomic E-state index is 0.213. The second-order valence-corrected chi connectivity index (χ2v) is 5.98. The van der Waals surface area contributed by atoms with Crippen molar-refractivity contribution in [1.82, 2.24) is 24.6 Å². The van der Waals surface area contributed by atoms with Gasteiger partial charge in [-0.3, -0.25) is 14.5 Å². The summed E-state index contributed by atoms with van der Waals surface area (Å²) >= 11 is 0. The molecule has 26 heavy (non-hydrogen) atoms. The average molecular weight is 355 g/mol. The molecule has 8 nitrogen and oxygen atoms in total. The smallest absolute Gasteiger partial charge is 0.359 e. The van der Waals surface area contributed by atoms with Crippen molar-refractivity contribution >= 4 is 11.9 Å². The van der Waals surface area contributed by atoms with Gasteiger partial charge in [0.1, 0.15) is 5.69 Å². The number of hydrogen-bond donors (Lipinski definition) is 0. The van der Waals surface area contributed by atoms with Gasteiger partial charge in [-0.15, -0.1) is 6.58 Å². The van der Waals surface area contributed by atoms with E-state index in [0.717, 1.165) is 17.0 Å². The summed E-state index contributed by atoms with van der Waals surface area (Å²) in [4.78, 5) is 34.9. The molecule has 0 unspecified atom stereocenters. The van der Waals surface area contributed by atoms with Crippen LogP contribution in [0.1, 0.15) is 44.9 Å². The summed E-state index contributed by atoms with van der Waals surface area (Å²) in [5.41, 5.74) is 2.96. The van der Waals surface area contributed by atoms with Crippen molar-refractivity contribution in [3.63, 3.8) is 0 Å². The topological polar surface area (TPSA) is 90.2 Å². The van der Waals surface area contributed by atoms with Crippen molar-refractivity contribution in [2.45, 2.75) is 33.4 Å². The second kappa shape index (κ2) is 7.47. The largest absolute Gasteiger partial charge is 0.461 e. The lowest BCUT2D eigenvalue weighted by Crippen LogP contribution is -2.37. The fraction of sp³-hybridized carbons (Fsp3) is 0.389. The van der Waals surface area contributed by atoms with Gasteiger partial charge in [0.2, 0.25) is 0 Å². The molecule has 0 aliphatic carbocycles. The molecule has 1 aliphatic heterocycles. The summed E-state index contributed by atoms with van der Waals surface area (Å²) in [6, 6.07) is 0. The highest BCUT2D eigenvalue weighted by atomic mass is 16.5. The van der Waals surface area contributed by atoms with Gasteiger partial charge in [0.25, 0.3) is 5.91 Å². The van der Waals surface area contributed by atoms with Gasteiger partial charge in [-0.05, 0) is 13.8 Å². The Hall–Kier alpha value is -3.03. The van der Waals surface area contributed by atoms with E-state index in [0.29, 0.717) is 19.5 Å². The van der Waals surface area contributed by atoms with Gasteiger partial charge in [0.15, 0.2) is 5.69 Å². The zero-order chi connectivity index (χ0) is 18.7. The normalized spacial score (nSPS) is 13.2. The molecule has 2 aromatic rings. The maximum atomic E-state index is 12.7. The van der Waals surface area contributed by atoms with Gasteiger partial charge < -0.3 is 9.64 Å². The van der Waals surface area contributed by atoms with Crippen LogP contribution in [0.3, 0.4) is 0 Å². The predicted molar refractivity (Wildman–Crippen MR) is 93.6 cm³/mol. The first-order valence-electron chi connectivity index (χ1n) is 8.49. The minimum Gasteiger partial charge on any atom is -0.461 e. The quantitative estimate of drug-likeness (QED) is 0.597. The van der Waals surface area contributed by atoms with Gasteiger partial charge in [-0.1, -0.05) is 6.08 Å². The summed E-state index contributed by atoms with van der Waals surface area (Å²) in [6.45, 7) is 8.86. The van der Waals surface area contributed by atoms with Crippen molar-refractivity contribution < 1.29 is 14.3 Å². The van der Waals surface area contributed by atoms with Crippen LogP contribution in [-0.4, -0.2) is 49.7 Å². The first-order valence-corrected chi connectivity index (χ1v) is 8.49. The molecule has 0 atom stereocenters. The molecule has 3 heterocycles. The van der Waals surface area contributed by atoms with E-state index in [4.69, 9.17) is 4.74 Å². The van der Waals surface area contributed by atoms with E-state index in [2.05, 4.69) is 21.6 Å². The zero-order valence-corrected chi connectivity index (χ0v) is 14.9. The van der Waals surface area contributed by atoms with Crippen LogP contribution in [0.4, 0.5) is 0 Å². The van der Waals surface area contributed by atoms with Crippen LogP contribution in [-0.2, 0) is 24.2 Å². The number of ether oxygens (including phenoxy) is 1. The van der Waals surface area contributed by atoms with Gasteiger partial charge in [-0.2, -0.15) is 5.10 Å². The highest BCUT2D eigenvalue weighted by molar-refractivity contribution is 5.93. The van der Waals surface area contributed by atoms with E-state index in [9.17, 15) is 9.59 Å². The van der Waals surface area contributed by atoms with Crippen molar-refractivity contribution in [2.75, 3.05) is 13.2 Å². The Morgan fingerprint density at radius 1 is 1.35 bits per heavy atom. The molecule has 8 heteroatoms. The summed E-state index contributed by atoms with van der Waals surface area (Å²) in [7, 11) is 0. The van der Waals surface area contributed by atoms with Crippen LogP contribution < -0.4 is 0 Å². The first kappa shape index (κ1) is 17.8. The van der Waals surface area contributed by atoms with Crippen LogP contribution in [0.25, 0.3) is 0 Å². The van der Waals surface area contributed by atoms with Crippen LogP contribution in [0.5, 0.6) is 0 Å². The van der Waals surface area contributed by atoms with Gasteiger partial charge in [0, 0.05) is 30.4 Å². The van der Waals surface area contributed by atoms with Crippen molar-refractivity contribution in [3.8, 4) is 0 Å². The number of hydrogen-bond acceptors (Lipinski definition) is 6. The third-order valence-corrected chi connectivity index (χ3v) is 4.19. The van der Waals surface area contributed by atoms with Gasteiger partial charge in [-0.25, -0.2) is 9.78 Å². The Kier molecular flexibility index (Phi) is 5.11. The van der Waals surface area contributed by atoms with E-state index in [1.54, 1.807) is 28.8 Å². The van der Waals surface area contributed by atoms with Crippen molar-refractivity contribution in [1.29, 1.82) is 0 Å². The Bertz CT molecular complexity index is 841. The van der Waals surface area contributed by atoms with E-state index in [1.807, 2.05) is 6.92 Å². The zero-order valence-electron chi connectivity index (χ0n) is 14.9. The van der Waals surface area contributed by atoms with Gasteiger partial charge >= 0.3 is 5.97 Å². The third-order valence-electron chi connectivity index (χ3n) is 4.19. The number of carbonyl (C=O) groups is 2. The lowest BCUT2D eigenvalue weighted by Gasteiger charge is -2.27. The molecule has 1 aliphatic rings. The lowest BCUT2D eigenvalue weighted by atomic mass is 10.0. The van der Waals surface area contributed by atoms with E-state index >= 15 is 0 Å². The van der Waals surface area contributed by atoms with E-state index in [-0.39, 0.29) is 30.4 Å². The minimum atomic E-state index is -0.476. The van der Waals surface area contributed by atoms with E-state index in [1.165, 1.54) is 6.20 Å². The number of amides is 1. The molecule has 0 bridgehead atoms. The fourth-order valence-electron chi connectivity index (χ4n) is 2.97. The molecule has 0 spiro atoms. The van der Waals surface area contributed by atoms with Gasteiger partial charge in [0.05, 0.1) is 31.6 Å². The molecule has 0 saturated heterocycles. The Balaban J connectivity index is 1.90.